The van der Waals surface area contributed by atoms with Crippen LogP contribution in [0.1, 0.15) is 36.8 Å². The van der Waals surface area contributed by atoms with Gasteiger partial charge in [0, 0.05) is 18.0 Å². The van der Waals surface area contributed by atoms with Gasteiger partial charge in [-0.2, -0.15) is 0 Å². The summed E-state index contributed by atoms with van der Waals surface area (Å²) < 4.78 is 11.1. The van der Waals surface area contributed by atoms with E-state index >= 15 is 0 Å². The Morgan fingerprint density at radius 1 is 1.16 bits per heavy atom. The fourth-order valence-corrected chi connectivity index (χ4v) is 3.66. The summed E-state index contributed by atoms with van der Waals surface area (Å²) in [4.78, 5) is 31.4. The molecule has 164 valence electrons. The molecule has 0 aliphatic carbocycles. The largest absolute Gasteiger partial charge is 0.507 e. The third-order valence-electron chi connectivity index (χ3n) is 5.16. The molecule has 1 fully saturated rings. The molecule has 4 rings (SSSR count). The number of benzene rings is 1. The standard InChI is InChI=1S/C25H24N2O5/c1-16(2)15-32-19-6-3-5-18(13-19)23(28)21-22(17-8-10-26-11-9-17)27(25(30)24(21)29)14-20-7-4-12-31-20/h3-13,16,22,28H,14-15H2,1-2H3/b23-21-. The number of Topliss-reactive ketones (excluding diaryl/α,β-unsaturated/α-hetero) is 1. The van der Waals surface area contributed by atoms with Gasteiger partial charge in [-0.25, -0.2) is 0 Å². The van der Waals surface area contributed by atoms with Gasteiger partial charge < -0.3 is 19.2 Å². The van der Waals surface area contributed by atoms with Crippen molar-refractivity contribution in [1.82, 2.24) is 9.88 Å². The van der Waals surface area contributed by atoms with Gasteiger partial charge in [-0.05, 0) is 47.9 Å². The number of carbonyl (C=O) groups excluding carboxylic acids is 2. The molecule has 1 saturated heterocycles. The molecule has 3 aromatic rings. The second-order valence-electron chi connectivity index (χ2n) is 8.02. The first-order valence-corrected chi connectivity index (χ1v) is 10.4. The number of rotatable bonds is 7. The van der Waals surface area contributed by atoms with E-state index in [2.05, 4.69) is 4.98 Å². The van der Waals surface area contributed by atoms with E-state index in [-0.39, 0.29) is 17.9 Å². The highest BCUT2D eigenvalue weighted by atomic mass is 16.5. The number of ether oxygens (including phenoxy) is 1. The van der Waals surface area contributed by atoms with Gasteiger partial charge in [0.2, 0.25) is 0 Å². The van der Waals surface area contributed by atoms with Crippen LogP contribution in [0.25, 0.3) is 5.76 Å². The SMILES string of the molecule is CC(C)COc1cccc(/C(O)=C2/C(=O)C(=O)N(Cc3ccco3)C2c2ccncc2)c1. The van der Waals surface area contributed by atoms with Crippen molar-refractivity contribution < 1.29 is 23.8 Å². The Balaban J connectivity index is 1.78. The van der Waals surface area contributed by atoms with Crippen LogP contribution < -0.4 is 4.74 Å². The van der Waals surface area contributed by atoms with E-state index < -0.39 is 17.7 Å². The zero-order chi connectivity index (χ0) is 22.7. The summed E-state index contributed by atoms with van der Waals surface area (Å²) >= 11 is 0. The number of likely N-dealkylation sites (tertiary alicyclic amines) is 1. The second kappa shape index (κ2) is 9.09. The number of amides is 1. The molecule has 3 heterocycles. The minimum Gasteiger partial charge on any atom is -0.507 e. The molecule has 1 aliphatic rings. The molecule has 2 aromatic heterocycles. The van der Waals surface area contributed by atoms with Crippen LogP contribution in [-0.4, -0.2) is 33.3 Å². The monoisotopic (exact) mass is 432 g/mol. The molecule has 0 spiro atoms. The van der Waals surface area contributed by atoms with Gasteiger partial charge in [-0.1, -0.05) is 26.0 Å². The van der Waals surface area contributed by atoms with Gasteiger partial charge >= 0.3 is 0 Å². The van der Waals surface area contributed by atoms with Gasteiger partial charge in [0.05, 0.1) is 31.0 Å². The first-order valence-electron chi connectivity index (χ1n) is 10.4. The lowest BCUT2D eigenvalue weighted by Gasteiger charge is -2.24. The number of aliphatic hydroxyl groups is 1. The van der Waals surface area contributed by atoms with E-state index in [0.29, 0.717) is 35.2 Å². The molecule has 7 heteroatoms. The van der Waals surface area contributed by atoms with Crippen LogP contribution in [0, 0.1) is 5.92 Å². The number of hydrogen-bond donors (Lipinski definition) is 1. The zero-order valence-electron chi connectivity index (χ0n) is 17.9. The van der Waals surface area contributed by atoms with E-state index in [1.165, 1.54) is 11.2 Å². The van der Waals surface area contributed by atoms with Gasteiger partial charge in [-0.3, -0.25) is 14.6 Å². The normalized spacial score (nSPS) is 17.8. The van der Waals surface area contributed by atoms with Crippen LogP contribution in [0.2, 0.25) is 0 Å². The predicted octanol–water partition coefficient (Wildman–Crippen LogP) is 4.33. The maximum Gasteiger partial charge on any atom is 0.296 e. The van der Waals surface area contributed by atoms with Crippen LogP contribution in [0.5, 0.6) is 5.75 Å². The van der Waals surface area contributed by atoms with Crippen LogP contribution in [0.4, 0.5) is 0 Å². The lowest BCUT2D eigenvalue weighted by atomic mass is 9.96. The van der Waals surface area contributed by atoms with E-state index in [1.54, 1.807) is 60.9 Å². The lowest BCUT2D eigenvalue weighted by molar-refractivity contribution is -0.140. The fourth-order valence-electron chi connectivity index (χ4n) is 3.66. The number of ketones is 1. The van der Waals surface area contributed by atoms with E-state index in [0.717, 1.165) is 0 Å². The summed E-state index contributed by atoms with van der Waals surface area (Å²) in [7, 11) is 0. The summed E-state index contributed by atoms with van der Waals surface area (Å²) in [6, 6.07) is 13.0. The van der Waals surface area contributed by atoms with E-state index in [1.807, 2.05) is 13.8 Å². The molecule has 1 N–H and O–H groups in total. The average molecular weight is 432 g/mol. The average Bonchev–Trinajstić information content (AvgIpc) is 3.40. The van der Waals surface area contributed by atoms with Crippen molar-refractivity contribution in [2.45, 2.75) is 26.4 Å². The van der Waals surface area contributed by atoms with Crippen LogP contribution >= 0.6 is 0 Å². The maximum absolute atomic E-state index is 13.1. The minimum atomic E-state index is -0.775. The van der Waals surface area contributed by atoms with Crippen molar-refractivity contribution in [2.24, 2.45) is 5.92 Å². The van der Waals surface area contributed by atoms with Crippen LogP contribution in [0.3, 0.4) is 0 Å². The Morgan fingerprint density at radius 3 is 2.62 bits per heavy atom. The Kier molecular flexibility index (Phi) is 6.07. The first kappa shape index (κ1) is 21.4. The van der Waals surface area contributed by atoms with Gasteiger partial charge in [0.25, 0.3) is 11.7 Å². The highest BCUT2D eigenvalue weighted by Crippen LogP contribution is 2.40. The fraction of sp³-hybridized carbons (Fsp3) is 0.240. The molecule has 0 saturated carbocycles. The van der Waals surface area contributed by atoms with Crippen molar-refractivity contribution in [3.05, 3.63) is 89.6 Å². The van der Waals surface area contributed by atoms with E-state index in [9.17, 15) is 14.7 Å². The summed E-state index contributed by atoms with van der Waals surface area (Å²) in [5.74, 6) is -0.239. The quantitative estimate of drug-likeness (QED) is 0.339. The summed E-state index contributed by atoms with van der Waals surface area (Å²) in [6.07, 6.45) is 4.68. The predicted molar refractivity (Wildman–Crippen MR) is 118 cm³/mol. The van der Waals surface area contributed by atoms with Crippen LogP contribution in [0.15, 0.2) is 77.2 Å². The Bertz CT molecular complexity index is 1140. The zero-order valence-corrected chi connectivity index (χ0v) is 17.9. The van der Waals surface area contributed by atoms with E-state index in [4.69, 9.17) is 9.15 Å². The molecule has 1 atom stereocenters. The van der Waals surface area contributed by atoms with Crippen molar-refractivity contribution in [1.29, 1.82) is 0 Å². The summed E-state index contributed by atoms with van der Waals surface area (Å²) in [6.45, 7) is 4.70. The summed E-state index contributed by atoms with van der Waals surface area (Å²) in [5, 5.41) is 11.2. The van der Waals surface area contributed by atoms with Crippen LogP contribution in [-0.2, 0) is 16.1 Å². The summed E-state index contributed by atoms with van der Waals surface area (Å²) in [5.41, 5.74) is 1.09. The molecular weight excluding hydrogens is 408 g/mol. The molecule has 1 aliphatic heterocycles. The van der Waals surface area contributed by atoms with Crippen molar-refractivity contribution >= 4 is 17.4 Å². The number of carbonyl (C=O) groups is 2. The maximum atomic E-state index is 13.1. The van der Waals surface area contributed by atoms with Crippen molar-refractivity contribution in [3.8, 4) is 5.75 Å². The third kappa shape index (κ3) is 4.27. The van der Waals surface area contributed by atoms with Gasteiger partial charge in [0.15, 0.2) is 0 Å². The molecule has 1 unspecified atom stereocenters. The first-order chi connectivity index (χ1) is 15.5. The molecule has 32 heavy (non-hydrogen) atoms. The highest BCUT2D eigenvalue weighted by molar-refractivity contribution is 6.46. The Labute approximate surface area is 186 Å². The second-order valence-corrected chi connectivity index (χ2v) is 8.02. The number of hydrogen-bond acceptors (Lipinski definition) is 6. The topological polar surface area (TPSA) is 92.9 Å². The van der Waals surface area contributed by atoms with Gasteiger partial charge in [0.1, 0.15) is 17.3 Å². The number of aliphatic hydroxyl groups excluding tert-OH is 1. The third-order valence-corrected chi connectivity index (χ3v) is 5.16. The molecule has 0 radical (unpaired) electrons. The molecule has 7 nitrogen and oxygen atoms in total. The smallest absolute Gasteiger partial charge is 0.296 e. The van der Waals surface area contributed by atoms with Crippen molar-refractivity contribution in [2.75, 3.05) is 6.61 Å². The minimum absolute atomic E-state index is 0.0220. The number of aromatic nitrogens is 1. The molecular formula is C25H24N2O5. The Morgan fingerprint density at radius 2 is 1.94 bits per heavy atom. The number of furan rings is 1. The van der Waals surface area contributed by atoms with Crippen molar-refractivity contribution in [3.63, 3.8) is 0 Å². The highest BCUT2D eigenvalue weighted by Gasteiger charge is 2.46. The Hall–Kier alpha value is -3.87. The number of pyridine rings is 1. The molecule has 1 amide bonds. The molecule has 0 bridgehead atoms. The van der Waals surface area contributed by atoms with Gasteiger partial charge in [-0.15, -0.1) is 0 Å². The lowest BCUT2D eigenvalue weighted by Crippen LogP contribution is -2.29. The number of nitrogens with zero attached hydrogens (tertiary/aromatic N) is 2. The molecule has 1 aromatic carbocycles.